The first kappa shape index (κ1) is 12.4. The molecule has 2 rings (SSSR count). The molecule has 2 unspecified atom stereocenters. The van der Waals surface area contributed by atoms with Crippen molar-refractivity contribution >= 4 is 11.9 Å². The summed E-state index contributed by atoms with van der Waals surface area (Å²) < 4.78 is 0. The number of carbonyl (C=O) groups is 2. The van der Waals surface area contributed by atoms with E-state index in [0.717, 1.165) is 0 Å². The molecule has 1 saturated carbocycles. The highest BCUT2D eigenvalue weighted by Gasteiger charge is 2.35. The maximum absolute atomic E-state index is 11.9. The minimum atomic E-state index is -0.763. The molecule has 96 valence electrons. The Balaban J connectivity index is 2.01. The van der Waals surface area contributed by atoms with Crippen LogP contribution in [0.25, 0.3) is 0 Å². The quantitative estimate of drug-likeness (QED) is 0.818. The van der Waals surface area contributed by atoms with Gasteiger partial charge in [0.25, 0.3) is 0 Å². The SMILES string of the molecule is CC(C1CCCC1)N1CC(C(=O)O)CCC1=O. The lowest BCUT2D eigenvalue weighted by molar-refractivity contribution is -0.149. The molecule has 1 N–H and O–H groups in total. The van der Waals surface area contributed by atoms with E-state index in [0.29, 0.717) is 25.3 Å². The number of hydrogen-bond acceptors (Lipinski definition) is 2. The van der Waals surface area contributed by atoms with Crippen molar-refractivity contribution in [1.82, 2.24) is 4.90 Å². The molecule has 0 aromatic heterocycles. The molecule has 0 spiro atoms. The van der Waals surface area contributed by atoms with Crippen LogP contribution in [0.15, 0.2) is 0 Å². The number of piperidine rings is 1. The monoisotopic (exact) mass is 239 g/mol. The standard InChI is InChI=1S/C13H21NO3/c1-9(10-4-2-3-5-10)14-8-11(13(16)17)6-7-12(14)15/h9-11H,2-8H2,1H3,(H,16,17). The van der Waals surface area contributed by atoms with Crippen molar-refractivity contribution in [2.75, 3.05) is 6.54 Å². The number of amides is 1. The van der Waals surface area contributed by atoms with Crippen molar-refractivity contribution in [1.29, 1.82) is 0 Å². The number of carboxylic acids is 1. The fraction of sp³-hybridized carbons (Fsp3) is 0.846. The summed E-state index contributed by atoms with van der Waals surface area (Å²) in [5.74, 6) is -0.411. The normalized spacial score (nSPS) is 28.4. The summed E-state index contributed by atoms with van der Waals surface area (Å²) in [6.07, 6.45) is 5.76. The van der Waals surface area contributed by atoms with Crippen LogP contribution in [-0.4, -0.2) is 34.5 Å². The molecule has 1 heterocycles. The Bertz CT molecular complexity index is 310. The van der Waals surface area contributed by atoms with Crippen LogP contribution in [0, 0.1) is 11.8 Å². The van der Waals surface area contributed by atoms with Gasteiger partial charge in [-0.15, -0.1) is 0 Å². The fourth-order valence-electron chi connectivity index (χ4n) is 3.16. The van der Waals surface area contributed by atoms with Gasteiger partial charge in [0.2, 0.25) is 5.91 Å². The molecule has 0 aromatic rings. The van der Waals surface area contributed by atoms with Crippen molar-refractivity contribution in [2.24, 2.45) is 11.8 Å². The van der Waals surface area contributed by atoms with Crippen molar-refractivity contribution < 1.29 is 14.7 Å². The summed E-state index contributed by atoms with van der Waals surface area (Å²) in [6.45, 7) is 2.49. The summed E-state index contributed by atoms with van der Waals surface area (Å²) in [5.41, 5.74) is 0. The lowest BCUT2D eigenvalue weighted by atomic mass is 9.92. The Morgan fingerprint density at radius 1 is 1.35 bits per heavy atom. The van der Waals surface area contributed by atoms with Gasteiger partial charge in [-0.3, -0.25) is 9.59 Å². The third-order valence-corrected chi connectivity index (χ3v) is 4.37. The highest BCUT2D eigenvalue weighted by Crippen LogP contribution is 2.32. The summed E-state index contributed by atoms with van der Waals surface area (Å²) in [7, 11) is 0. The predicted molar refractivity (Wildman–Crippen MR) is 63.5 cm³/mol. The summed E-state index contributed by atoms with van der Waals surface area (Å²) in [5, 5.41) is 9.05. The van der Waals surface area contributed by atoms with Gasteiger partial charge < -0.3 is 10.0 Å². The second-order valence-electron chi connectivity index (χ2n) is 5.41. The first-order chi connectivity index (χ1) is 8.09. The van der Waals surface area contributed by atoms with Crippen LogP contribution in [-0.2, 0) is 9.59 Å². The minimum Gasteiger partial charge on any atom is -0.481 e. The third-order valence-electron chi connectivity index (χ3n) is 4.37. The zero-order chi connectivity index (χ0) is 12.4. The van der Waals surface area contributed by atoms with Crippen molar-refractivity contribution in [3.8, 4) is 0 Å². The molecule has 0 bridgehead atoms. The molecule has 1 amide bonds. The van der Waals surface area contributed by atoms with Crippen LogP contribution >= 0.6 is 0 Å². The maximum Gasteiger partial charge on any atom is 0.308 e. The minimum absolute atomic E-state index is 0.141. The van der Waals surface area contributed by atoms with E-state index in [9.17, 15) is 9.59 Å². The van der Waals surface area contributed by atoms with Gasteiger partial charge in [-0.25, -0.2) is 0 Å². The van der Waals surface area contributed by atoms with Crippen LogP contribution in [0.1, 0.15) is 45.4 Å². The molecule has 2 fully saturated rings. The van der Waals surface area contributed by atoms with E-state index in [2.05, 4.69) is 6.92 Å². The van der Waals surface area contributed by atoms with Crippen molar-refractivity contribution in [2.45, 2.75) is 51.5 Å². The molecular weight excluding hydrogens is 218 g/mol. The van der Waals surface area contributed by atoms with E-state index in [1.54, 1.807) is 0 Å². The zero-order valence-electron chi connectivity index (χ0n) is 10.4. The second-order valence-corrected chi connectivity index (χ2v) is 5.41. The first-order valence-corrected chi connectivity index (χ1v) is 6.62. The van der Waals surface area contributed by atoms with Gasteiger partial charge in [-0.05, 0) is 32.1 Å². The first-order valence-electron chi connectivity index (χ1n) is 6.62. The van der Waals surface area contributed by atoms with Gasteiger partial charge >= 0.3 is 5.97 Å². The molecule has 0 radical (unpaired) electrons. The van der Waals surface area contributed by atoms with Crippen LogP contribution in [0.5, 0.6) is 0 Å². The Morgan fingerprint density at radius 2 is 2.00 bits per heavy atom. The number of hydrogen-bond donors (Lipinski definition) is 1. The highest BCUT2D eigenvalue weighted by atomic mass is 16.4. The topological polar surface area (TPSA) is 57.6 Å². The number of nitrogens with zero attached hydrogens (tertiary/aromatic N) is 1. The van der Waals surface area contributed by atoms with Crippen LogP contribution < -0.4 is 0 Å². The van der Waals surface area contributed by atoms with Gasteiger partial charge in [-0.1, -0.05) is 12.8 Å². The molecule has 1 aliphatic carbocycles. The molecule has 4 heteroatoms. The highest BCUT2D eigenvalue weighted by molar-refractivity contribution is 5.80. The third kappa shape index (κ3) is 2.61. The molecule has 1 saturated heterocycles. The van der Waals surface area contributed by atoms with Gasteiger partial charge in [0.1, 0.15) is 0 Å². The average molecular weight is 239 g/mol. The summed E-state index contributed by atoms with van der Waals surface area (Å²) in [6, 6.07) is 0.215. The second kappa shape index (κ2) is 5.07. The average Bonchev–Trinajstić information content (AvgIpc) is 2.81. The van der Waals surface area contributed by atoms with Crippen molar-refractivity contribution in [3.05, 3.63) is 0 Å². The smallest absolute Gasteiger partial charge is 0.308 e. The van der Waals surface area contributed by atoms with E-state index in [1.807, 2.05) is 4.90 Å². The summed E-state index contributed by atoms with van der Waals surface area (Å²) >= 11 is 0. The van der Waals surface area contributed by atoms with Crippen molar-refractivity contribution in [3.63, 3.8) is 0 Å². The molecular formula is C13H21NO3. The van der Waals surface area contributed by atoms with E-state index < -0.39 is 5.97 Å². The van der Waals surface area contributed by atoms with Gasteiger partial charge in [0, 0.05) is 19.0 Å². The molecule has 4 nitrogen and oxygen atoms in total. The number of likely N-dealkylation sites (tertiary alicyclic amines) is 1. The molecule has 1 aliphatic heterocycles. The zero-order valence-corrected chi connectivity index (χ0v) is 10.4. The largest absolute Gasteiger partial charge is 0.481 e. The fourth-order valence-corrected chi connectivity index (χ4v) is 3.16. The van der Waals surface area contributed by atoms with Gasteiger partial charge in [-0.2, -0.15) is 0 Å². The Morgan fingerprint density at radius 3 is 2.59 bits per heavy atom. The van der Waals surface area contributed by atoms with Crippen LogP contribution in [0.3, 0.4) is 0 Å². The predicted octanol–water partition coefficient (Wildman–Crippen LogP) is 1.89. The molecule has 0 aromatic carbocycles. The Hall–Kier alpha value is -1.06. The van der Waals surface area contributed by atoms with Crippen LogP contribution in [0.2, 0.25) is 0 Å². The summed E-state index contributed by atoms with van der Waals surface area (Å²) in [4.78, 5) is 24.7. The number of carbonyl (C=O) groups excluding carboxylic acids is 1. The lowest BCUT2D eigenvalue weighted by Crippen LogP contribution is -2.49. The maximum atomic E-state index is 11.9. The van der Waals surface area contributed by atoms with E-state index >= 15 is 0 Å². The number of carboxylic acid groups (broad SMARTS) is 1. The molecule has 2 aliphatic rings. The molecule has 17 heavy (non-hydrogen) atoms. The van der Waals surface area contributed by atoms with Gasteiger partial charge in [0.15, 0.2) is 0 Å². The van der Waals surface area contributed by atoms with Gasteiger partial charge in [0.05, 0.1) is 5.92 Å². The Kier molecular flexibility index (Phi) is 3.69. The number of rotatable bonds is 3. The van der Waals surface area contributed by atoms with E-state index in [1.165, 1.54) is 25.7 Å². The number of aliphatic carboxylic acids is 1. The van der Waals surface area contributed by atoms with Crippen LogP contribution in [0.4, 0.5) is 0 Å². The lowest BCUT2D eigenvalue weighted by Gasteiger charge is -2.38. The van der Waals surface area contributed by atoms with E-state index in [-0.39, 0.29) is 17.9 Å². The Labute approximate surface area is 102 Å². The molecule has 2 atom stereocenters. The van der Waals surface area contributed by atoms with E-state index in [4.69, 9.17) is 5.11 Å².